The Bertz CT molecular complexity index is 457. The molecule has 3 N–H and O–H groups in total. The lowest BCUT2D eigenvalue weighted by atomic mass is 9.85. The van der Waals surface area contributed by atoms with Crippen LogP contribution in [0.4, 0.5) is 0 Å². The number of aromatic nitrogens is 2. The number of hydrogen-bond donors (Lipinski definition) is 3. The number of aryl methyl sites for hydroxylation is 1. The summed E-state index contributed by atoms with van der Waals surface area (Å²) in [6, 6.07) is 1.87. The fourth-order valence-corrected chi connectivity index (χ4v) is 3.66. The average molecular weight is 249 g/mol. The Balaban J connectivity index is 1.71. The monoisotopic (exact) mass is 249 g/mol. The molecular formula is C13H19N3O2. The Kier molecular flexibility index (Phi) is 2.86. The third kappa shape index (κ3) is 1.82. The van der Waals surface area contributed by atoms with Gasteiger partial charge in [0.15, 0.2) is 0 Å². The first kappa shape index (κ1) is 11.7. The second-order valence-corrected chi connectivity index (χ2v) is 5.62. The number of aromatic amines is 1. The molecule has 2 saturated carbocycles. The molecule has 4 unspecified atom stereocenters. The lowest BCUT2D eigenvalue weighted by Crippen LogP contribution is -2.45. The maximum absolute atomic E-state index is 12.1. The second kappa shape index (κ2) is 4.39. The zero-order valence-electron chi connectivity index (χ0n) is 10.5. The zero-order chi connectivity index (χ0) is 12.7. The maximum atomic E-state index is 12.1. The van der Waals surface area contributed by atoms with Crippen LogP contribution in [0.5, 0.6) is 0 Å². The van der Waals surface area contributed by atoms with Crippen LogP contribution >= 0.6 is 0 Å². The fourth-order valence-electron chi connectivity index (χ4n) is 3.66. The van der Waals surface area contributed by atoms with E-state index in [0.717, 1.165) is 12.1 Å². The molecule has 2 aliphatic carbocycles. The van der Waals surface area contributed by atoms with E-state index in [-0.39, 0.29) is 24.5 Å². The molecule has 1 heterocycles. The van der Waals surface area contributed by atoms with Crippen LogP contribution in [0.15, 0.2) is 6.07 Å². The Hall–Kier alpha value is -1.36. The number of nitrogens with zero attached hydrogens (tertiary/aromatic N) is 1. The lowest BCUT2D eigenvalue weighted by Gasteiger charge is -2.30. The summed E-state index contributed by atoms with van der Waals surface area (Å²) in [7, 11) is 0. The smallest absolute Gasteiger partial charge is 0.272 e. The van der Waals surface area contributed by atoms with Gasteiger partial charge in [-0.1, -0.05) is 0 Å². The van der Waals surface area contributed by atoms with Crippen LogP contribution in [0.25, 0.3) is 0 Å². The van der Waals surface area contributed by atoms with Crippen molar-refractivity contribution in [1.29, 1.82) is 0 Å². The van der Waals surface area contributed by atoms with Gasteiger partial charge in [-0.25, -0.2) is 0 Å². The molecule has 2 aliphatic rings. The Morgan fingerprint density at radius 3 is 3.00 bits per heavy atom. The van der Waals surface area contributed by atoms with Crippen LogP contribution in [0.2, 0.25) is 0 Å². The summed E-state index contributed by atoms with van der Waals surface area (Å²) in [5.74, 6) is 1.23. The first-order valence-electron chi connectivity index (χ1n) is 6.62. The van der Waals surface area contributed by atoms with E-state index in [1.165, 1.54) is 12.8 Å². The molecule has 2 fully saturated rings. The van der Waals surface area contributed by atoms with Crippen LogP contribution in [0, 0.1) is 24.7 Å². The molecule has 2 bridgehead atoms. The van der Waals surface area contributed by atoms with Gasteiger partial charge in [-0.3, -0.25) is 9.89 Å². The molecule has 3 rings (SSSR count). The number of H-pyrrole nitrogens is 1. The molecule has 0 spiro atoms. The van der Waals surface area contributed by atoms with Gasteiger partial charge in [0.2, 0.25) is 0 Å². The number of aliphatic hydroxyl groups excluding tert-OH is 1. The molecule has 4 atom stereocenters. The van der Waals surface area contributed by atoms with Crippen molar-refractivity contribution in [3.63, 3.8) is 0 Å². The molecule has 5 heteroatoms. The summed E-state index contributed by atoms with van der Waals surface area (Å²) in [6.07, 6.45) is 3.52. The highest BCUT2D eigenvalue weighted by Crippen LogP contribution is 2.48. The molecule has 0 aliphatic heterocycles. The van der Waals surface area contributed by atoms with E-state index in [2.05, 4.69) is 15.5 Å². The first-order chi connectivity index (χ1) is 8.69. The van der Waals surface area contributed by atoms with Crippen molar-refractivity contribution in [3.05, 3.63) is 17.5 Å². The van der Waals surface area contributed by atoms with Crippen molar-refractivity contribution in [3.8, 4) is 0 Å². The normalized spacial score (nSPS) is 33.9. The second-order valence-electron chi connectivity index (χ2n) is 5.62. The average Bonchev–Trinajstić information content (AvgIpc) is 3.03. The van der Waals surface area contributed by atoms with E-state index in [0.29, 0.717) is 17.5 Å². The van der Waals surface area contributed by atoms with Crippen molar-refractivity contribution in [1.82, 2.24) is 15.5 Å². The standard InChI is InChI=1S/C13H19N3O2/c1-7-4-11(16-15-7)13(18)14-12-9-3-2-8(5-9)10(12)6-17/h4,8-10,12,17H,2-3,5-6H2,1H3,(H,14,18)(H,15,16). The van der Waals surface area contributed by atoms with Gasteiger partial charge >= 0.3 is 0 Å². The number of aliphatic hydroxyl groups is 1. The molecular weight excluding hydrogens is 230 g/mol. The largest absolute Gasteiger partial charge is 0.396 e. The number of rotatable bonds is 3. The van der Waals surface area contributed by atoms with E-state index in [1.54, 1.807) is 6.07 Å². The highest BCUT2D eigenvalue weighted by Gasteiger charge is 2.47. The summed E-state index contributed by atoms with van der Waals surface area (Å²) in [5.41, 5.74) is 1.32. The van der Waals surface area contributed by atoms with Crippen molar-refractivity contribution in [2.75, 3.05) is 6.61 Å². The molecule has 1 amide bonds. The first-order valence-corrected chi connectivity index (χ1v) is 6.62. The number of carbonyl (C=O) groups is 1. The van der Waals surface area contributed by atoms with E-state index in [1.807, 2.05) is 6.92 Å². The summed E-state index contributed by atoms with van der Waals surface area (Å²) in [5, 5.41) is 19.3. The van der Waals surface area contributed by atoms with E-state index in [4.69, 9.17) is 0 Å². The van der Waals surface area contributed by atoms with Crippen LogP contribution in [-0.2, 0) is 0 Å². The number of carbonyl (C=O) groups excluding carboxylic acids is 1. The van der Waals surface area contributed by atoms with E-state index in [9.17, 15) is 9.90 Å². The third-order valence-electron chi connectivity index (χ3n) is 4.54. The highest BCUT2D eigenvalue weighted by molar-refractivity contribution is 5.92. The van der Waals surface area contributed by atoms with Crippen molar-refractivity contribution in [2.45, 2.75) is 32.2 Å². The quantitative estimate of drug-likeness (QED) is 0.743. The van der Waals surface area contributed by atoms with Crippen molar-refractivity contribution in [2.24, 2.45) is 17.8 Å². The van der Waals surface area contributed by atoms with Crippen LogP contribution in [-0.4, -0.2) is 33.9 Å². The Morgan fingerprint density at radius 2 is 2.33 bits per heavy atom. The minimum atomic E-state index is -0.129. The minimum absolute atomic E-state index is 0.123. The van der Waals surface area contributed by atoms with E-state index < -0.39 is 0 Å². The molecule has 98 valence electrons. The molecule has 5 nitrogen and oxygen atoms in total. The Morgan fingerprint density at radius 1 is 1.56 bits per heavy atom. The van der Waals surface area contributed by atoms with Gasteiger partial charge in [0, 0.05) is 24.3 Å². The fraction of sp³-hybridized carbons (Fsp3) is 0.692. The number of amides is 1. The van der Waals surface area contributed by atoms with Crippen molar-refractivity contribution < 1.29 is 9.90 Å². The molecule has 0 aromatic carbocycles. The predicted molar refractivity (Wildman–Crippen MR) is 66.0 cm³/mol. The van der Waals surface area contributed by atoms with Crippen molar-refractivity contribution >= 4 is 5.91 Å². The number of hydrogen-bond acceptors (Lipinski definition) is 3. The SMILES string of the molecule is Cc1cc(C(=O)NC2C3CCC(C3)C2CO)n[nH]1. The van der Waals surface area contributed by atoms with Gasteiger partial charge in [-0.15, -0.1) is 0 Å². The highest BCUT2D eigenvalue weighted by atomic mass is 16.3. The van der Waals surface area contributed by atoms with E-state index >= 15 is 0 Å². The predicted octanol–water partition coefficient (Wildman–Crippen LogP) is 0.855. The molecule has 1 aromatic heterocycles. The van der Waals surface area contributed by atoms with Gasteiger partial charge in [-0.2, -0.15) is 5.10 Å². The number of fused-ring (bicyclic) bond motifs is 2. The molecule has 1 aromatic rings. The maximum Gasteiger partial charge on any atom is 0.272 e. The lowest BCUT2D eigenvalue weighted by molar-refractivity contribution is 0.0856. The molecule has 18 heavy (non-hydrogen) atoms. The van der Waals surface area contributed by atoms with Gasteiger partial charge in [0.05, 0.1) is 0 Å². The summed E-state index contributed by atoms with van der Waals surface area (Å²) < 4.78 is 0. The topological polar surface area (TPSA) is 78.0 Å². The van der Waals surface area contributed by atoms with Gasteiger partial charge < -0.3 is 10.4 Å². The number of nitrogens with one attached hydrogen (secondary N) is 2. The zero-order valence-corrected chi connectivity index (χ0v) is 10.5. The summed E-state index contributed by atoms with van der Waals surface area (Å²) in [6.45, 7) is 2.05. The van der Waals surface area contributed by atoms with Crippen LogP contribution < -0.4 is 5.32 Å². The summed E-state index contributed by atoms with van der Waals surface area (Å²) >= 11 is 0. The van der Waals surface area contributed by atoms with Gasteiger partial charge in [0.1, 0.15) is 5.69 Å². The Labute approximate surface area is 106 Å². The van der Waals surface area contributed by atoms with Gasteiger partial charge in [0.25, 0.3) is 5.91 Å². The molecule has 0 radical (unpaired) electrons. The van der Waals surface area contributed by atoms with Gasteiger partial charge in [-0.05, 0) is 44.1 Å². The minimum Gasteiger partial charge on any atom is -0.396 e. The molecule has 0 saturated heterocycles. The van der Waals surface area contributed by atoms with Crippen LogP contribution in [0.3, 0.4) is 0 Å². The summed E-state index contributed by atoms with van der Waals surface area (Å²) in [4.78, 5) is 12.1. The third-order valence-corrected chi connectivity index (χ3v) is 4.54. The van der Waals surface area contributed by atoms with Crippen LogP contribution in [0.1, 0.15) is 35.4 Å².